The monoisotopic (exact) mass is 484 g/mol. The summed E-state index contributed by atoms with van der Waals surface area (Å²) in [6.07, 6.45) is 7.55. The van der Waals surface area contributed by atoms with Crippen molar-refractivity contribution in [3.8, 4) is 22.8 Å². The van der Waals surface area contributed by atoms with Crippen molar-refractivity contribution in [2.75, 3.05) is 18.5 Å². The number of amides is 1. The van der Waals surface area contributed by atoms with Crippen LogP contribution in [0.15, 0.2) is 30.7 Å². The predicted octanol–water partition coefficient (Wildman–Crippen LogP) is 4.43. The standard InChI is InChI=1S/C22H21ClN6O3S/c23-16-8-13(32-10-14-2-1-7-31-14)5-6-15(16)17-9-24-11-29(17)20-18-19(27-28-20)25-22(33-18)26-21(30)12-3-4-12/h5-6,8-9,11-12,14H,1-4,7,10H2,(H2,25,26,27,28,30). The lowest BCUT2D eigenvalue weighted by Gasteiger charge is -2.13. The van der Waals surface area contributed by atoms with Crippen LogP contribution >= 0.6 is 22.9 Å². The lowest BCUT2D eigenvalue weighted by atomic mass is 10.1. The number of carbonyl (C=O) groups excluding carboxylic acids is 1. The molecule has 0 radical (unpaired) electrons. The first-order valence-corrected chi connectivity index (χ1v) is 12.1. The molecule has 1 aromatic carbocycles. The molecule has 1 aliphatic heterocycles. The molecule has 1 saturated heterocycles. The molecule has 4 aromatic rings. The number of ether oxygens (including phenoxy) is 2. The number of imidazole rings is 1. The second-order valence-electron chi connectivity index (χ2n) is 8.24. The van der Waals surface area contributed by atoms with E-state index in [4.69, 9.17) is 21.1 Å². The lowest BCUT2D eigenvalue weighted by Crippen LogP contribution is -2.16. The number of thiazole rings is 1. The molecule has 6 rings (SSSR count). The van der Waals surface area contributed by atoms with Gasteiger partial charge in [-0.05, 0) is 43.9 Å². The van der Waals surface area contributed by atoms with Crippen LogP contribution in [0.4, 0.5) is 5.13 Å². The van der Waals surface area contributed by atoms with Gasteiger partial charge in [0.1, 0.15) is 23.4 Å². The number of H-pyrrole nitrogens is 1. The van der Waals surface area contributed by atoms with Crippen LogP contribution in [0, 0.1) is 5.92 Å². The van der Waals surface area contributed by atoms with Crippen LogP contribution in [0.5, 0.6) is 5.75 Å². The van der Waals surface area contributed by atoms with Crippen molar-refractivity contribution in [1.82, 2.24) is 24.7 Å². The van der Waals surface area contributed by atoms with Crippen LogP contribution in [0.2, 0.25) is 5.02 Å². The van der Waals surface area contributed by atoms with Crippen molar-refractivity contribution < 1.29 is 14.3 Å². The molecule has 2 fully saturated rings. The van der Waals surface area contributed by atoms with E-state index in [2.05, 4.69) is 25.5 Å². The van der Waals surface area contributed by atoms with Gasteiger partial charge in [-0.1, -0.05) is 22.9 Å². The zero-order chi connectivity index (χ0) is 22.4. The van der Waals surface area contributed by atoms with Crippen LogP contribution in [-0.2, 0) is 9.53 Å². The summed E-state index contributed by atoms with van der Waals surface area (Å²) in [5, 5.41) is 11.4. The number of aromatic amines is 1. The first-order chi connectivity index (χ1) is 16.2. The highest BCUT2D eigenvalue weighted by Crippen LogP contribution is 2.36. The average molecular weight is 485 g/mol. The molecule has 2 N–H and O–H groups in total. The Kier molecular flexibility index (Phi) is 5.28. The fourth-order valence-electron chi connectivity index (χ4n) is 3.90. The molecule has 33 heavy (non-hydrogen) atoms. The van der Waals surface area contributed by atoms with Crippen LogP contribution in [0.25, 0.3) is 27.4 Å². The zero-order valence-electron chi connectivity index (χ0n) is 17.6. The van der Waals surface area contributed by atoms with Gasteiger partial charge in [-0.2, -0.15) is 5.10 Å². The van der Waals surface area contributed by atoms with Gasteiger partial charge in [0.05, 0.1) is 23.0 Å². The summed E-state index contributed by atoms with van der Waals surface area (Å²) in [6.45, 7) is 1.32. The smallest absolute Gasteiger partial charge is 0.229 e. The zero-order valence-corrected chi connectivity index (χ0v) is 19.2. The van der Waals surface area contributed by atoms with Gasteiger partial charge >= 0.3 is 0 Å². The van der Waals surface area contributed by atoms with Gasteiger partial charge in [-0.3, -0.25) is 14.5 Å². The Balaban J connectivity index is 1.26. The van der Waals surface area contributed by atoms with Gasteiger partial charge < -0.3 is 14.8 Å². The number of halogens is 1. The summed E-state index contributed by atoms with van der Waals surface area (Å²) >= 11 is 8.01. The summed E-state index contributed by atoms with van der Waals surface area (Å²) in [7, 11) is 0. The van der Waals surface area contributed by atoms with E-state index in [1.54, 1.807) is 12.5 Å². The maximum Gasteiger partial charge on any atom is 0.229 e. The highest BCUT2D eigenvalue weighted by molar-refractivity contribution is 7.22. The van der Waals surface area contributed by atoms with Gasteiger partial charge in [-0.25, -0.2) is 9.97 Å². The number of fused-ring (bicyclic) bond motifs is 1. The molecule has 1 aliphatic carbocycles. The Hall–Kier alpha value is -2.95. The number of benzene rings is 1. The quantitative estimate of drug-likeness (QED) is 0.402. The number of nitrogens with one attached hydrogen (secondary N) is 2. The number of hydrogen-bond acceptors (Lipinski definition) is 7. The number of aromatic nitrogens is 5. The Morgan fingerprint density at radius 2 is 2.27 bits per heavy atom. The summed E-state index contributed by atoms with van der Waals surface area (Å²) in [6, 6.07) is 5.62. The SMILES string of the molecule is O=C(Nc1nc2[nH]nc(-n3cncc3-c3ccc(OCC4CCCO4)cc3Cl)c2s1)C1CC1. The Labute approximate surface area is 198 Å². The van der Waals surface area contributed by atoms with Crippen LogP contribution in [0.1, 0.15) is 25.7 Å². The molecule has 4 heterocycles. The topological polar surface area (TPSA) is 107 Å². The molecule has 1 saturated carbocycles. The van der Waals surface area contributed by atoms with Gasteiger partial charge in [0.2, 0.25) is 5.91 Å². The number of carbonyl (C=O) groups is 1. The lowest BCUT2D eigenvalue weighted by molar-refractivity contribution is -0.117. The molecule has 9 nitrogen and oxygen atoms in total. The fraction of sp³-hybridized carbons (Fsp3) is 0.364. The van der Waals surface area contributed by atoms with E-state index in [-0.39, 0.29) is 17.9 Å². The van der Waals surface area contributed by atoms with E-state index in [0.29, 0.717) is 34.0 Å². The summed E-state index contributed by atoms with van der Waals surface area (Å²) in [5.74, 6) is 1.49. The minimum absolute atomic E-state index is 0.0258. The van der Waals surface area contributed by atoms with Gasteiger partial charge in [0.25, 0.3) is 0 Å². The van der Waals surface area contributed by atoms with Crippen LogP contribution in [-0.4, -0.2) is 50.0 Å². The van der Waals surface area contributed by atoms with Gasteiger partial charge in [0.15, 0.2) is 16.6 Å². The predicted molar refractivity (Wildman–Crippen MR) is 125 cm³/mol. The average Bonchev–Trinajstić information content (AvgIpc) is 3.17. The highest BCUT2D eigenvalue weighted by Gasteiger charge is 2.30. The van der Waals surface area contributed by atoms with Crippen LogP contribution in [0.3, 0.4) is 0 Å². The number of rotatable bonds is 7. The maximum atomic E-state index is 12.1. The molecule has 1 amide bonds. The fourth-order valence-corrected chi connectivity index (χ4v) is 5.07. The summed E-state index contributed by atoms with van der Waals surface area (Å²) in [5.41, 5.74) is 2.21. The second kappa shape index (κ2) is 8.44. The van der Waals surface area contributed by atoms with E-state index in [9.17, 15) is 4.79 Å². The van der Waals surface area contributed by atoms with E-state index in [1.165, 1.54) is 11.3 Å². The van der Waals surface area contributed by atoms with Crippen molar-refractivity contribution in [3.05, 3.63) is 35.7 Å². The third-order valence-electron chi connectivity index (χ3n) is 5.82. The molecule has 11 heteroatoms. The molecule has 0 spiro atoms. The molecule has 1 atom stereocenters. The molecule has 170 valence electrons. The van der Waals surface area contributed by atoms with Crippen molar-refractivity contribution in [3.63, 3.8) is 0 Å². The summed E-state index contributed by atoms with van der Waals surface area (Å²) in [4.78, 5) is 20.9. The molecular formula is C22H21ClN6O3S. The van der Waals surface area contributed by atoms with E-state index < -0.39 is 0 Å². The van der Waals surface area contributed by atoms with Crippen molar-refractivity contribution >= 4 is 44.3 Å². The molecule has 1 unspecified atom stereocenters. The molecule has 3 aromatic heterocycles. The maximum absolute atomic E-state index is 12.1. The van der Waals surface area contributed by atoms with E-state index >= 15 is 0 Å². The van der Waals surface area contributed by atoms with Crippen LogP contribution < -0.4 is 10.1 Å². The van der Waals surface area contributed by atoms with Gasteiger partial charge in [-0.15, -0.1) is 0 Å². The van der Waals surface area contributed by atoms with E-state index in [0.717, 1.165) is 48.2 Å². The first kappa shape index (κ1) is 20.6. The molecular weight excluding hydrogens is 464 g/mol. The number of nitrogens with zero attached hydrogens (tertiary/aromatic N) is 4. The third kappa shape index (κ3) is 4.09. The Morgan fingerprint density at radius 3 is 3.06 bits per heavy atom. The second-order valence-corrected chi connectivity index (χ2v) is 9.65. The minimum atomic E-state index is 0.0258. The normalized spacial score (nSPS) is 18.2. The Bertz CT molecular complexity index is 1320. The minimum Gasteiger partial charge on any atom is -0.491 e. The largest absolute Gasteiger partial charge is 0.491 e. The first-order valence-electron chi connectivity index (χ1n) is 10.9. The van der Waals surface area contributed by atoms with Crippen molar-refractivity contribution in [1.29, 1.82) is 0 Å². The summed E-state index contributed by atoms with van der Waals surface area (Å²) < 4.78 is 14.2. The highest BCUT2D eigenvalue weighted by atomic mass is 35.5. The third-order valence-corrected chi connectivity index (χ3v) is 7.10. The number of hydrogen-bond donors (Lipinski definition) is 2. The van der Waals surface area contributed by atoms with E-state index in [1.807, 2.05) is 22.8 Å². The van der Waals surface area contributed by atoms with Crippen molar-refractivity contribution in [2.45, 2.75) is 31.8 Å². The Morgan fingerprint density at radius 1 is 1.36 bits per heavy atom. The van der Waals surface area contributed by atoms with Crippen molar-refractivity contribution in [2.24, 2.45) is 5.92 Å². The number of anilines is 1. The molecule has 0 bridgehead atoms. The molecule has 2 aliphatic rings. The van der Waals surface area contributed by atoms with Gasteiger partial charge in [0, 0.05) is 18.1 Å².